The monoisotopic (exact) mass is 822 g/mol. The van der Waals surface area contributed by atoms with E-state index in [0.29, 0.717) is 12.3 Å². The van der Waals surface area contributed by atoms with Crippen molar-refractivity contribution in [2.24, 2.45) is 10.7 Å². The first-order valence-electron chi connectivity index (χ1n) is 21.6. The molecule has 0 atom stereocenters. The molecular formula is C60H46N4. The van der Waals surface area contributed by atoms with Crippen molar-refractivity contribution in [2.45, 2.75) is 6.42 Å². The molecule has 9 aromatic carbocycles. The summed E-state index contributed by atoms with van der Waals surface area (Å²) in [6.07, 6.45) is 2.88. The molecule has 0 fully saturated rings. The van der Waals surface area contributed by atoms with Crippen molar-refractivity contribution in [3.05, 3.63) is 260 Å². The van der Waals surface area contributed by atoms with Crippen molar-refractivity contribution < 1.29 is 0 Å². The SMILES string of the molecule is C=C.NC(=N/C(=C\Cc1cccc(-c2cccc(-n3c4ccccc4c4cc(-c5ccc6c(c5)c5ccccc5n6-c5ccccc5)ccc43)c2)c1)c1ccccc1)c1ccccc1. The highest BCUT2D eigenvalue weighted by Crippen LogP contribution is 2.39. The number of hydrogen-bond acceptors (Lipinski definition) is 1. The van der Waals surface area contributed by atoms with E-state index < -0.39 is 0 Å². The second-order valence-corrected chi connectivity index (χ2v) is 15.8. The van der Waals surface area contributed by atoms with Gasteiger partial charge in [-0.15, -0.1) is 13.2 Å². The van der Waals surface area contributed by atoms with Gasteiger partial charge in [0.2, 0.25) is 0 Å². The number of fused-ring (bicyclic) bond motifs is 6. The second kappa shape index (κ2) is 17.5. The zero-order valence-electron chi connectivity index (χ0n) is 35.5. The molecule has 0 spiro atoms. The van der Waals surface area contributed by atoms with Crippen molar-refractivity contribution in [1.29, 1.82) is 0 Å². The summed E-state index contributed by atoms with van der Waals surface area (Å²) in [5, 5.41) is 4.96. The predicted molar refractivity (Wildman–Crippen MR) is 273 cm³/mol. The number of aliphatic imine (C=N–C) groups is 1. The van der Waals surface area contributed by atoms with Crippen LogP contribution in [0.1, 0.15) is 16.7 Å². The Morgan fingerprint density at radius 2 is 0.859 bits per heavy atom. The Labute approximate surface area is 373 Å². The van der Waals surface area contributed by atoms with E-state index >= 15 is 0 Å². The van der Waals surface area contributed by atoms with E-state index in [2.05, 4.69) is 204 Å². The third-order valence-corrected chi connectivity index (χ3v) is 12.0. The minimum atomic E-state index is 0.498. The summed E-state index contributed by atoms with van der Waals surface area (Å²) in [5.74, 6) is 0.498. The van der Waals surface area contributed by atoms with Crippen LogP contribution in [-0.4, -0.2) is 15.0 Å². The van der Waals surface area contributed by atoms with Gasteiger partial charge in [-0.05, 0) is 100 Å². The minimum Gasteiger partial charge on any atom is -0.383 e. The Hall–Kier alpha value is -8.47. The summed E-state index contributed by atoms with van der Waals surface area (Å²) in [7, 11) is 0. The van der Waals surface area contributed by atoms with Crippen molar-refractivity contribution in [1.82, 2.24) is 9.13 Å². The molecule has 4 nitrogen and oxygen atoms in total. The first-order valence-corrected chi connectivity index (χ1v) is 21.6. The van der Waals surface area contributed by atoms with Crippen LogP contribution in [-0.2, 0) is 6.42 Å². The van der Waals surface area contributed by atoms with Crippen LogP contribution in [0, 0.1) is 0 Å². The van der Waals surface area contributed by atoms with Gasteiger partial charge in [-0.25, -0.2) is 4.99 Å². The molecule has 11 rings (SSSR count). The zero-order chi connectivity index (χ0) is 43.4. The number of amidine groups is 1. The molecule has 0 aliphatic rings. The molecule has 2 heterocycles. The van der Waals surface area contributed by atoms with Gasteiger partial charge in [0, 0.05) is 38.5 Å². The Morgan fingerprint density at radius 3 is 1.47 bits per heavy atom. The average Bonchev–Trinajstić information content (AvgIpc) is 3.89. The molecular weight excluding hydrogens is 777 g/mol. The van der Waals surface area contributed by atoms with Gasteiger partial charge in [-0.2, -0.15) is 0 Å². The first kappa shape index (κ1) is 39.7. The number of benzene rings is 9. The third kappa shape index (κ3) is 7.48. The number of nitrogens with zero attached hydrogens (tertiary/aromatic N) is 3. The minimum absolute atomic E-state index is 0.498. The van der Waals surface area contributed by atoms with Crippen LogP contribution in [0.15, 0.2) is 249 Å². The number of para-hydroxylation sites is 3. The fourth-order valence-corrected chi connectivity index (χ4v) is 9.00. The molecule has 0 saturated carbocycles. The van der Waals surface area contributed by atoms with Gasteiger partial charge in [-0.1, -0.05) is 170 Å². The van der Waals surface area contributed by atoms with E-state index in [1.807, 2.05) is 48.5 Å². The first-order chi connectivity index (χ1) is 31.7. The molecule has 0 aliphatic heterocycles. The van der Waals surface area contributed by atoms with E-state index in [1.165, 1.54) is 71.6 Å². The lowest BCUT2D eigenvalue weighted by Crippen LogP contribution is -2.13. The number of rotatable bonds is 9. The molecule has 0 amide bonds. The number of hydrogen-bond donors (Lipinski definition) is 1. The molecule has 11 aromatic rings. The second-order valence-electron chi connectivity index (χ2n) is 15.8. The highest BCUT2D eigenvalue weighted by Gasteiger charge is 2.16. The van der Waals surface area contributed by atoms with Crippen molar-refractivity contribution in [2.75, 3.05) is 0 Å². The summed E-state index contributed by atoms with van der Waals surface area (Å²) < 4.78 is 4.77. The maximum absolute atomic E-state index is 6.52. The standard InChI is InChI=1S/C58H42N4.C2H4/c59-58(42-19-6-2-7-20-42)60-53(41-17-4-1-5-18-41)33-30-40-16-14-21-43(36-40)44-22-15-25-48(37-44)62-55-29-13-11-27-50(55)52-39-46(32-35-57(52)62)45-31-34-56-51(38-45)49-26-10-12-28-54(49)61(56)47-23-8-3-9-24-47;1-2/h1-29,31-39H,30H2,(H2,59,60);1-2H2/b53-33-;. The van der Waals surface area contributed by atoms with E-state index in [0.717, 1.165) is 28.1 Å². The number of nitrogens with two attached hydrogens (primary N) is 1. The summed E-state index contributed by atoms with van der Waals surface area (Å²) in [6, 6.07) is 79.8. The lowest BCUT2D eigenvalue weighted by molar-refractivity contribution is 1.18. The van der Waals surface area contributed by atoms with Gasteiger partial charge in [0.05, 0.1) is 27.8 Å². The van der Waals surface area contributed by atoms with E-state index in [1.54, 1.807) is 0 Å². The van der Waals surface area contributed by atoms with Gasteiger partial charge in [0.1, 0.15) is 5.84 Å². The maximum Gasteiger partial charge on any atom is 0.131 e. The van der Waals surface area contributed by atoms with Crippen LogP contribution >= 0.6 is 0 Å². The molecule has 4 heteroatoms. The molecule has 2 N–H and O–H groups in total. The van der Waals surface area contributed by atoms with Crippen LogP contribution in [0.5, 0.6) is 0 Å². The Balaban J connectivity index is 0.00000239. The molecule has 306 valence electrons. The van der Waals surface area contributed by atoms with Crippen LogP contribution in [0.2, 0.25) is 0 Å². The lowest BCUT2D eigenvalue weighted by atomic mass is 10.00. The van der Waals surface area contributed by atoms with Crippen molar-refractivity contribution in [3.63, 3.8) is 0 Å². The van der Waals surface area contributed by atoms with Crippen molar-refractivity contribution in [3.8, 4) is 33.6 Å². The predicted octanol–water partition coefficient (Wildman–Crippen LogP) is 15.0. The van der Waals surface area contributed by atoms with Crippen molar-refractivity contribution >= 4 is 55.1 Å². The van der Waals surface area contributed by atoms with Gasteiger partial charge in [0.15, 0.2) is 0 Å². The van der Waals surface area contributed by atoms with Crippen LogP contribution in [0.4, 0.5) is 0 Å². The van der Waals surface area contributed by atoms with Gasteiger partial charge in [0.25, 0.3) is 0 Å². The summed E-state index contributed by atoms with van der Waals surface area (Å²) in [6.45, 7) is 6.00. The highest BCUT2D eigenvalue weighted by molar-refractivity contribution is 6.12. The normalized spacial score (nSPS) is 11.9. The largest absolute Gasteiger partial charge is 0.383 e. The molecule has 0 saturated heterocycles. The van der Waals surface area contributed by atoms with Crippen LogP contribution < -0.4 is 5.73 Å². The lowest BCUT2D eigenvalue weighted by Gasteiger charge is -2.12. The average molecular weight is 823 g/mol. The molecule has 0 unspecified atom stereocenters. The smallest absolute Gasteiger partial charge is 0.131 e. The Morgan fingerprint density at radius 1 is 0.406 bits per heavy atom. The van der Waals surface area contributed by atoms with E-state index in [-0.39, 0.29) is 0 Å². The highest BCUT2D eigenvalue weighted by atomic mass is 15.0. The van der Waals surface area contributed by atoms with Crippen LogP contribution in [0.3, 0.4) is 0 Å². The Bertz CT molecular complexity index is 3500. The topological polar surface area (TPSA) is 48.2 Å². The molecule has 0 radical (unpaired) electrons. The van der Waals surface area contributed by atoms with E-state index in [9.17, 15) is 0 Å². The quantitative estimate of drug-likeness (QED) is 0.0880. The van der Waals surface area contributed by atoms with E-state index in [4.69, 9.17) is 10.7 Å². The number of aromatic nitrogens is 2. The van der Waals surface area contributed by atoms with Crippen LogP contribution in [0.25, 0.3) is 82.9 Å². The van der Waals surface area contributed by atoms with Gasteiger partial charge >= 0.3 is 0 Å². The summed E-state index contributed by atoms with van der Waals surface area (Å²) in [4.78, 5) is 4.91. The van der Waals surface area contributed by atoms with Gasteiger partial charge in [-0.3, -0.25) is 0 Å². The maximum atomic E-state index is 6.52. The molecule has 64 heavy (non-hydrogen) atoms. The number of allylic oxidation sites excluding steroid dienone is 1. The Kier molecular flexibility index (Phi) is 10.8. The van der Waals surface area contributed by atoms with Gasteiger partial charge < -0.3 is 14.9 Å². The fourth-order valence-electron chi connectivity index (χ4n) is 9.00. The third-order valence-electron chi connectivity index (χ3n) is 12.0. The summed E-state index contributed by atoms with van der Waals surface area (Å²) >= 11 is 0. The molecule has 2 aromatic heterocycles. The fraction of sp³-hybridized carbons (Fsp3) is 0.0167. The zero-order valence-corrected chi connectivity index (χ0v) is 35.5. The summed E-state index contributed by atoms with van der Waals surface area (Å²) in [5.41, 5.74) is 22.3. The molecule has 0 aliphatic carbocycles. The molecule has 0 bridgehead atoms.